The fourth-order valence-corrected chi connectivity index (χ4v) is 3.95. The zero-order chi connectivity index (χ0) is 24.6. The monoisotopic (exact) mass is 491 g/mol. The van der Waals surface area contributed by atoms with Gasteiger partial charge in [0.1, 0.15) is 10.9 Å². The van der Waals surface area contributed by atoms with E-state index in [0.29, 0.717) is 29.9 Å². The number of fused-ring (bicyclic) bond motifs is 1. The van der Waals surface area contributed by atoms with Gasteiger partial charge in [-0.25, -0.2) is 14.3 Å². The number of nitrogens with zero attached hydrogens (tertiary/aromatic N) is 5. The van der Waals surface area contributed by atoms with E-state index in [9.17, 15) is 19.8 Å². The van der Waals surface area contributed by atoms with Crippen molar-refractivity contribution in [3.8, 4) is 5.75 Å². The Morgan fingerprint density at radius 1 is 1.24 bits per heavy atom. The van der Waals surface area contributed by atoms with Crippen LogP contribution in [-0.4, -0.2) is 67.8 Å². The van der Waals surface area contributed by atoms with Gasteiger partial charge in [0.25, 0.3) is 0 Å². The molecule has 0 bridgehead atoms. The van der Waals surface area contributed by atoms with Gasteiger partial charge in [-0.1, -0.05) is 23.7 Å². The van der Waals surface area contributed by atoms with Crippen molar-refractivity contribution in [2.45, 2.75) is 38.7 Å². The second-order valence-electron chi connectivity index (χ2n) is 8.02. The molecule has 12 nitrogen and oxygen atoms in total. The summed E-state index contributed by atoms with van der Waals surface area (Å²) in [4.78, 5) is 31.1. The van der Waals surface area contributed by atoms with E-state index < -0.39 is 23.9 Å². The number of anilines is 1. The number of carbonyl (C=O) groups is 2. The van der Waals surface area contributed by atoms with E-state index in [1.54, 1.807) is 19.2 Å². The zero-order valence-electron chi connectivity index (χ0n) is 18.6. The minimum Gasteiger partial charge on any atom is -0.497 e. The van der Waals surface area contributed by atoms with Gasteiger partial charge in [0, 0.05) is 6.42 Å². The van der Waals surface area contributed by atoms with Crippen LogP contribution in [0.4, 0.5) is 15.5 Å². The van der Waals surface area contributed by atoms with Crippen LogP contribution >= 0.6 is 11.6 Å². The Labute approximate surface area is 198 Å². The summed E-state index contributed by atoms with van der Waals surface area (Å²) in [6, 6.07) is 7.26. The van der Waals surface area contributed by atoms with Crippen molar-refractivity contribution >= 4 is 40.8 Å². The summed E-state index contributed by atoms with van der Waals surface area (Å²) < 4.78 is 18.2. The number of aromatic nitrogens is 4. The van der Waals surface area contributed by atoms with Gasteiger partial charge in [-0.3, -0.25) is 0 Å². The summed E-state index contributed by atoms with van der Waals surface area (Å²) >= 11 is 6.41. The maximum absolute atomic E-state index is 11.5. The van der Waals surface area contributed by atoms with Crippen molar-refractivity contribution in [1.29, 1.82) is 0 Å². The maximum atomic E-state index is 11.5. The van der Waals surface area contributed by atoms with E-state index in [0.717, 1.165) is 5.56 Å². The van der Waals surface area contributed by atoms with Crippen molar-refractivity contribution in [3.63, 3.8) is 0 Å². The summed E-state index contributed by atoms with van der Waals surface area (Å²) in [5.74, 6) is -0.647. The average molecular weight is 492 g/mol. The molecule has 180 valence electrons. The normalized spacial score (nSPS) is 17.1. The van der Waals surface area contributed by atoms with E-state index in [4.69, 9.17) is 25.8 Å². The number of carboxylic acid groups (broad SMARTS) is 2. The third-order valence-corrected chi connectivity index (χ3v) is 5.44. The number of halogens is 1. The highest BCUT2D eigenvalue weighted by Gasteiger charge is 2.34. The Hall–Kier alpha value is -3.48. The topological polar surface area (TPSA) is 149 Å². The lowest BCUT2D eigenvalue weighted by Crippen LogP contribution is -2.36. The SMILES string of the molecule is COc1ccc(Cn2nc(CC3COC(C)(C)O3)c3c(Cl)nc(N(C(=O)O)C(=O)O)nc32)cc1. The van der Waals surface area contributed by atoms with Crippen molar-refractivity contribution in [2.75, 3.05) is 18.6 Å². The van der Waals surface area contributed by atoms with Crippen molar-refractivity contribution < 1.29 is 34.0 Å². The molecule has 1 atom stereocenters. The van der Waals surface area contributed by atoms with Gasteiger partial charge in [0.15, 0.2) is 11.4 Å². The summed E-state index contributed by atoms with van der Waals surface area (Å²) in [5.41, 5.74) is 1.55. The van der Waals surface area contributed by atoms with Crippen molar-refractivity contribution in [3.05, 3.63) is 40.7 Å². The van der Waals surface area contributed by atoms with Crippen molar-refractivity contribution in [1.82, 2.24) is 19.7 Å². The predicted octanol–water partition coefficient (Wildman–Crippen LogP) is 3.39. The summed E-state index contributed by atoms with van der Waals surface area (Å²) in [5, 5.41) is 23.5. The standard InChI is InChI=1S/C21H22ClN5O7/c1-21(2)33-10-13(34-21)8-14-15-16(22)23-18(27(19(28)29)20(30)31)24-17(15)26(25-14)9-11-4-6-12(32-3)7-5-11/h4-7,13H,8-10H2,1-3H3,(H,28,29)(H,30,31). The molecule has 2 amide bonds. The van der Waals surface area contributed by atoms with E-state index in [-0.39, 0.29) is 28.3 Å². The molecule has 4 rings (SSSR count). The van der Waals surface area contributed by atoms with Gasteiger partial charge in [-0.05, 0) is 31.5 Å². The minimum atomic E-state index is -1.76. The molecule has 0 spiro atoms. The first-order chi connectivity index (χ1) is 16.1. The van der Waals surface area contributed by atoms with Gasteiger partial charge in [-0.2, -0.15) is 15.1 Å². The van der Waals surface area contributed by atoms with Gasteiger partial charge in [0.2, 0.25) is 5.95 Å². The molecule has 1 fully saturated rings. The number of imide groups is 1. The van der Waals surface area contributed by atoms with E-state index in [1.165, 1.54) is 4.68 Å². The molecular formula is C21H22ClN5O7. The molecule has 3 aromatic rings. The fourth-order valence-electron chi connectivity index (χ4n) is 3.68. The number of rotatable bonds is 6. The van der Waals surface area contributed by atoms with E-state index in [1.807, 2.05) is 26.0 Å². The van der Waals surface area contributed by atoms with Crippen LogP contribution in [0.15, 0.2) is 24.3 Å². The maximum Gasteiger partial charge on any atom is 0.424 e. The molecule has 0 radical (unpaired) electrons. The first-order valence-corrected chi connectivity index (χ1v) is 10.6. The quantitative estimate of drug-likeness (QED) is 0.491. The highest BCUT2D eigenvalue weighted by atomic mass is 35.5. The number of ether oxygens (including phenoxy) is 3. The molecular weight excluding hydrogens is 470 g/mol. The number of hydrogen-bond acceptors (Lipinski definition) is 8. The zero-order valence-corrected chi connectivity index (χ0v) is 19.3. The van der Waals surface area contributed by atoms with Crippen LogP contribution in [-0.2, 0) is 22.4 Å². The Morgan fingerprint density at radius 3 is 2.47 bits per heavy atom. The molecule has 1 unspecified atom stereocenters. The van der Waals surface area contributed by atoms with E-state index >= 15 is 0 Å². The molecule has 1 aliphatic rings. The average Bonchev–Trinajstić information content (AvgIpc) is 3.27. The lowest BCUT2D eigenvalue weighted by molar-refractivity contribution is -0.138. The molecule has 34 heavy (non-hydrogen) atoms. The molecule has 1 aliphatic heterocycles. The number of amides is 2. The third-order valence-electron chi connectivity index (χ3n) is 5.17. The molecule has 0 aliphatic carbocycles. The third kappa shape index (κ3) is 4.74. The summed E-state index contributed by atoms with van der Waals surface area (Å²) in [6.07, 6.45) is -3.49. The van der Waals surface area contributed by atoms with Crippen LogP contribution in [0.2, 0.25) is 5.15 Å². The minimum absolute atomic E-state index is 0.00778. The number of benzene rings is 1. The highest BCUT2D eigenvalue weighted by molar-refractivity contribution is 6.34. The summed E-state index contributed by atoms with van der Waals surface area (Å²) in [7, 11) is 1.56. The Morgan fingerprint density at radius 2 is 1.91 bits per heavy atom. The lowest BCUT2D eigenvalue weighted by atomic mass is 10.1. The lowest BCUT2D eigenvalue weighted by Gasteiger charge is -2.16. The molecule has 13 heteroatoms. The molecule has 0 saturated carbocycles. The van der Waals surface area contributed by atoms with Crippen LogP contribution in [0.25, 0.3) is 11.0 Å². The molecule has 2 N–H and O–H groups in total. The molecule has 3 heterocycles. The number of hydrogen-bond donors (Lipinski definition) is 2. The first kappa shape index (κ1) is 23.7. The van der Waals surface area contributed by atoms with Crippen LogP contribution in [0, 0.1) is 0 Å². The fraction of sp³-hybridized carbons (Fsp3) is 0.381. The van der Waals surface area contributed by atoms with Crippen LogP contribution in [0.1, 0.15) is 25.1 Å². The van der Waals surface area contributed by atoms with Crippen LogP contribution in [0.3, 0.4) is 0 Å². The smallest absolute Gasteiger partial charge is 0.424 e. The number of methoxy groups -OCH3 is 1. The van der Waals surface area contributed by atoms with Gasteiger partial charge < -0.3 is 24.4 Å². The molecule has 1 aromatic carbocycles. The second kappa shape index (κ2) is 9.05. The Kier molecular flexibility index (Phi) is 6.30. The van der Waals surface area contributed by atoms with Crippen LogP contribution < -0.4 is 9.64 Å². The first-order valence-electron chi connectivity index (χ1n) is 10.2. The second-order valence-corrected chi connectivity index (χ2v) is 8.38. The Bertz CT molecular complexity index is 1230. The predicted molar refractivity (Wildman–Crippen MR) is 120 cm³/mol. The summed E-state index contributed by atoms with van der Waals surface area (Å²) in [6.45, 7) is 4.22. The van der Waals surface area contributed by atoms with Gasteiger partial charge in [0.05, 0.1) is 37.4 Å². The molecule has 1 saturated heterocycles. The van der Waals surface area contributed by atoms with E-state index in [2.05, 4.69) is 15.1 Å². The van der Waals surface area contributed by atoms with Crippen molar-refractivity contribution in [2.24, 2.45) is 0 Å². The largest absolute Gasteiger partial charge is 0.497 e. The van der Waals surface area contributed by atoms with Gasteiger partial charge >= 0.3 is 12.2 Å². The molecule has 2 aromatic heterocycles. The highest BCUT2D eigenvalue weighted by Crippen LogP contribution is 2.31. The Balaban J connectivity index is 1.80. The van der Waals surface area contributed by atoms with Gasteiger partial charge in [-0.15, -0.1) is 4.90 Å². The van der Waals surface area contributed by atoms with Crippen LogP contribution in [0.5, 0.6) is 5.75 Å².